The predicted molar refractivity (Wildman–Crippen MR) is 64.2 cm³/mol. The number of nitrogens with two attached hydrogens (primary N) is 1. The monoisotopic (exact) mass is 261 g/mol. The highest BCUT2D eigenvalue weighted by atomic mass is 32.2. The van der Waals surface area contributed by atoms with Crippen molar-refractivity contribution < 1.29 is 13.2 Å². The van der Waals surface area contributed by atoms with Crippen LogP contribution in [-0.2, 0) is 21.3 Å². The van der Waals surface area contributed by atoms with E-state index in [9.17, 15) is 8.42 Å². The molecule has 0 saturated carbocycles. The van der Waals surface area contributed by atoms with Crippen LogP contribution >= 0.6 is 0 Å². The quantitative estimate of drug-likeness (QED) is 0.758. The zero-order valence-corrected chi connectivity index (χ0v) is 11.2. The molecule has 0 aliphatic carbocycles. The van der Waals surface area contributed by atoms with Crippen molar-refractivity contribution in [3.05, 3.63) is 11.4 Å². The fourth-order valence-electron chi connectivity index (χ4n) is 1.82. The Bertz CT molecular complexity index is 479. The Hall–Kier alpha value is -0.920. The highest BCUT2D eigenvalue weighted by Crippen LogP contribution is 2.17. The van der Waals surface area contributed by atoms with Gasteiger partial charge < -0.3 is 4.74 Å². The van der Waals surface area contributed by atoms with Crippen LogP contribution in [0.3, 0.4) is 0 Å². The standard InChI is InChI=1S/C10H19N3O3S/c1-8-10(17(11,14)15)9(2)13(12-8)6-4-5-7-16-3/h4-7H2,1-3H3,(H2,11,14,15). The average molecular weight is 261 g/mol. The van der Waals surface area contributed by atoms with E-state index in [2.05, 4.69) is 5.10 Å². The van der Waals surface area contributed by atoms with Crippen LogP contribution < -0.4 is 5.14 Å². The van der Waals surface area contributed by atoms with Crippen LogP contribution in [-0.4, -0.2) is 31.9 Å². The van der Waals surface area contributed by atoms with Gasteiger partial charge in [-0.3, -0.25) is 4.68 Å². The van der Waals surface area contributed by atoms with E-state index in [1.807, 2.05) is 0 Å². The lowest BCUT2D eigenvalue weighted by atomic mass is 10.3. The largest absolute Gasteiger partial charge is 0.385 e. The van der Waals surface area contributed by atoms with Crippen molar-refractivity contribution >= 4 is 10.0 Å². The molecule has 7 heteroatoms. The molecular weight excluding hydrogens is 242 g/mol. The Morgan fingerprint density at radius 1 is 1.35 bits per heavy atom. The Balaban J connectivity index is 2.83. The molecule has 0 radical (unpaired) electrons. The molecule has 17 heavy (non-hydrogen) atoms. The second kappa shape index (κ2) is 5.61. The van der Waals surface area contributed by atoms with Gasteiger partial charge in [0.25, 0.3) is 0 Å². The van der Waals surface area contributed by atoms with Crippen molar-refractivity contribution in [2.24, 2.45) is 5.14 Å². The van der Waals surface area contributed by atoms with Crippen molar-refractivity contribution in [3.63, 3.8) is 0 Å². The Morgan fingerprint density at radius 3 is 2.47 bits per heavy atom. The normalized spacial score (nSPS) is 12.0. The van der Waals surface area contributed by atoms with Crippen molar-refractivity contribution in [1.82, 2.24) is 9.78 Å². The van der Waals surface area contributed by atoms with Crippen molar-refractivity contribution in [2.75, 3.05) is 13.7 Å². The van der Waals surface area contributed by atoms with Crippen molar-refractivity contribution in [1.29, 1.82) is 0 Å². The van der Waals surface area contributed by atoms with Crippen LogP contribution in [0.2, 0.25) is 0 Å². The summed E-state index contributed by atoms with van der Waals surface area (Å²) in [5.41, 5.74) is 1.05. The molecule has 0 aromatic carbocycles. The van der Waals surface area contributed by atoms with E-state index in [1.54, 1.807) is 25.6 Å². The molecule has 0 aliphatic heterocycles. The summed E-state index contributed by atoms with van der Waals surface area (Å²) in [5, 5.41) is 9.34. The molecule has 0 aliphatic rings. The van der Waals surface area contributed by atoms with E-state index in [-0.39, 0.29) is 4.90 Å². The first-order valence-electron chi connectivity index (χ1n) is 5.43. The molecule has 6 nitrogen and oxygen atoms in total. The maximum Gasteiger partial charge on any atom is 0.241 e. The van der Waals surface area contributed by atoms with Crippen molar-refractivity contribution in [3.8, 4) is 0 Å². The topological polar surface area (TPSA) is 87.2 Å². The third-order valence-corrected chi connectivity index (χ3v) is 3.73. The number of hydrogen-bond donors (Lipinski definition) is 1. The van der Waals surface area contributed by atoms with Gasteiger partial charge in [-0.2, -0.15) is 5.10 Å². The van der Waals surface area contributed by atoms with Crippen LogP contribution in [0.15, 0.2) is 4.90 Å². The van der Waals surface area contributed by atoms with E-state index in [1.165, 1.54) is 0 Å². The molecular formula is C10H19N3O3S. The second-order valence-electron chi connectivity index (χ2n) is 3.97. The first-order chi connectivity index (χ1) is 7.88. The van der Waals surface area contributed by atoms with Gasteiger partial charge in [0.2, 0.25) is 10.0 Å². The number of aryl methyl sites for hydroxylation is 2. The molecule has 0 spiro atoms. The number of hydrogen-bond acceptors (Lipinski definition) is 4. The minimum absolute atomic E-state index is 0.143. The molecule has 1 aromatic rings. The van der Waals surface area contributed by atoms with Gasteiger partial charge in [-0.05, 0) is 26.7 Å². The first kappa shape index (κ1) is 14.1. The van der Waals surface area contributed by atoms with E-state index in [0.717, 1.165) is 12.8 Å². The third kappa shape index (κ3) is 3.52. The van der Waals surface area contributed by atoms with Crippen LogP contribution in [0.1, 0.15) is 24.2 Å². The van der Waals surface area contributed by atoms with Crippen LogP contribution in [0.5, 0.6) is 0 Å². The maximum atomic E-state index is 11.4. The van der Waals surface area contributed by atoms with Crippen molar-refractivity contribution in [2.45, 2.75) is 38.1 Å². The summed E-state index contributed by atoms with van der Waals surface area (Å²) < 4.78 is 29.4. The number of rotatable bonds is 6. The van der Waals surface area contributed by atoms with Gasteiger partial charge in [-0.25, -0.2) is 13.6 Å². The number of ether oxygens (including phenoxy) is 1. The summed E-state index contributed by atoms with van der Waals surface area (Å²) in [4.78, 5) is 0.143. The molecule has 1 rings (SSSR count). The Labute approximate surface area is 102 Å². The molecule has 0 unspecified atom stereocenters. The summed E-state index contributed by atoms with van der Waals surface area (Å²) in [6.45, 7) is 4.74. The zero-order chi connectivity index (χ0) is 13.1. The van der Waals surface area contributed by atoms with Gasteiger partial charge in [0.05, 0.1) is 11.4 Å². The minimum atomic E-state index is -3.69. The highest BCUT2D eigenvalue weighted by Gasteiger charge is 2.20. The van der Waals surface area contributed by atoms with Gasteiger partial charge in [0.15, 0.2) is 0 Å². The molecule has 0 atom stereocenters. The summed E-state index contributed by atoms with van der Waals surface area (Å²) in [6, 6.07) is 0. The molecule has 1 aromatic heterocycles. The average Bonchev–Trinajstić information content (AvgIpc) is 2.48. The molecule has 98 valence electrons. The van der Waals surface area contributed by atoms with Gasteiger partial charge in [-0.15, -0.1) is 0 Å². The smallest absolute Gasteiger partial charge is 0.241 e. The Kier molecular flexibility index (Phi) is 4.67. The summed E-state index contributed by atoms with van der Waals surface area (Å²) in [6.07, 6.45) is 1.80. The number of methoxy groups -OCH3 is 1. The molecule has 0 amide bonds. The van der Waals surface area contributed by atoms with Crippen LogP contribution in [0.25, 0.3) is 0 Å². The predicted octanol–water partition coefficient (Wildman–Crippen LogP) is 0.574. The molecule has 1 heterocycles. The fraction of sp³-hybridized carbons (Fsp3) is 0.700. The molecule has 0 saturated heterocycles. The number of aromatic nitrogens is 2. The van der Waals surface area contributed by atoms with Gasteiger partial charge in [0.1, 0.15) is 4.90 Å². The molecule has 0 bridgehead atoms. The van der Waals surface area contributed by atoms with Crippen LogP contribution in [0.4, 0.5) is 0 Å². The van der Waals surface area contributed by atoms with E-state index in [4.69, 9.17) is 9.88 Å². The Morgan fingerprint density at radius 2 is 2.00 bits per heavy atom. The number of nitrogens with zero attached hydrogens (tertiary/aromatic N) is 2. The van der Waals surface area contributed by atoms with Gasteiger partial charge >= 0.3 is 0 Å². The molecule has 2 N–H and O–H groups in total. The maximum absolute atomic E-state index is 11.4. The lowest BCUT2D eigenvalue weighted by Crippen LogP contribution is -2.14. The lowest BCUT2D eigenvalue weighted by Gasteiger charge is -2.04. The fourth-order valence-corrected chi connectivity index (χ4v) is 2.79. The minimum Gasteiger partial charge on any atom is -0.385 e. The zero-order valence-electron chi connectivity index (χ0n) is 10.4. The summed E-state index contributed by atoms with van der Waals surface area (Å²) >= 11 is 0. The second-order valence-corrected chi connectivity index (χ2v) is 5.47. The summed E-state index contributed by atoms with van der Waals surface area (Å²) in [7, 11) is -2.03. The van der Waals surface area contributed by atoms with E-state index < -0.39 is 10.0 Å². The van der Waals surface area contributed by atoms with E-state index in [0.29, 0.717) is 24.5 Å². The SMILES string of the molecule is COCCCCn1nc(C)c(S(N)(=O)=O)c1C. The number of unbranched alkanes of at least 4 members (excludes halogenated alkanes) is 1. The van der Waals surface area contributed by atoms with Crippen LogP contribution in [0, 0.1) is 13.8 Å². The van der Waals surface area contributed by atoms with E-state index >= 15 is 0 Å². The number of sulfonamides is 1. The molecule has 0 fully saturated rings. The first-order valence-corrected chi connectivity index (χ1v) is 6.98. The highest BCUT2D eigenvalue weighted by molar-refractivity contribution is 7.89. The summed E-state index contributed by atoms with van der Waals surface area (Å²) in [5.74, 6) is 0. The third-order valence-electron chi connectivity index (χ3n) is 2.57. The van der Waals surface area contributed by atoms with Gasteiger partial charge in [0, 0.05) is 20.3 Å². The lowest BCUT2D eigenvalue weighted by molar-refractivity contribution is 0.191. The number of primary sulfonamides is 1. The van der Waals surface area contributed by atoms with Gasteiger partial charge in [-0.1, -0.05) is 0 Å².